The maximum Gasteiger partial charge on any atom is 0.0406 e. The smallest absolute Gasteiger partial charge is 0.0406 e. The Morgan fingerprint density at radius 1 is 1.22 bits per heavy atom. The molecule has 1 atom stereocenters. The molecule has 0 heterocycles. The van der Waals surface area contributed by atoms with E-state index in [4.69, 9.17) is 11.6 Å². The van der Waals surface area contributed by atoms with Crippen LogP contribution in [0, 0.1) is 0 Å². The molecule has 0 aliphatic heterocycles. The van der Waals surface area contributed by atoms with Crippen molar-refractivity contribution >= 4 is 11.6 Å². The lowest BCUT2D eigenvalue weighted by atomic mass is 9.90. The third-order valence-corrected chi connectivity index (χ3v) is 3.83. The molecule has 0 radical (unpaired) electrons. The van der Waals surface area contributed by atoms with E-state index in [2.05, 4.69) is 30.4 Å². The molecule has 18 heavy (non-hydrogen) atoms. The number of benzene rings is 1. The second kappa shape index (κ2) is 6.96. The third kappa shape index (κ3) is 3.86. The molecule has 1 aliphatic carbocycles. The molecule has 1 unspecified atom stereocenters. The van der Waals surface area contributed by atoms with Crippen molar-refractivity contribution in [3.63, 3.8) is 0 Å². The monoisotopic (exact) mass is 263 g/mol. The van der Waals surface area contributed by atoms with Crippen LogP contribution in [-0.2, 0) is 6.42 Å². The quantitative estimate of drug-likeness (QED) is 0.779. The Hall–Kier alpha value is -0.790. The highest BCUT2D eigenvalue weighted by Crippen LogP contribution is 2.23. The molecule has 1 aliphatic rings. The zero-order chi connectivity index (χ0) is 12.8. The summed E-state index contributed by atoms with van der Waals surface area (Å²) in [5, 5.41) is 4.43. The van der Waals surface area contributed by atoms with Crippen LogP contribution in [0.5, 0.6) is 0 Å². The Labute approximate surface area is 115 Å². The average molecular weight is 264 g/mol. The predicted octanol–water partition coefficient (Wildman–Crippen LogP) is 4.36. The van der Waals surface area contributed by atoms with Gasteiger partial charge in [-0.25, -0.2) is 0 Å². The highest BCUT2D eigenvalue weighted by molar-refractivity contribution is 6.30. The van der Waals surface area contributed by atoms with Crippen molar-refractivity contribution in [3.05, 3.63) is 46.5 Å². The summed E-state index contributed by atoms with van der Waals surface area (Å²) in [6.45, 7) is 3.20. The molecule has 98 valence electrons. The molecule has 2 heteroatoms. The number of halogens is 1. The topological polar surface area (TPSA) is 12.0 Å². The second-order valence-corrected chi connectivity index (χ2v) is 5.40. The number of hydrogen-bond donors (Lipinski definition) is 1. The summed E-state index contributed by atoms with van der Waals surface area (Å²) in [7, 11) is 0. The molecule has 0 bridgehead atoms. The van der Waals surface area contributed by atoms with Crippen molar-refractivity contribution in [2.24, 2.45) is 0 Å². The number of hydrogen-bond acceptors (Lipinski definition) is 1. The highest BCUT2D eigenvalue weighted by Gasteiger charge is 2.15. The molecular weight excluding hydrogens is 242 g/mol. The summed E-state index contributed by atoms with van der Waals surface area (Å²) in [6, 6.07) is 8.73. The lowest BCUT2D eigenvalue weighted by Crippen LogP contribution is -2.33. The van der Waals surface area contributed by atoms with E-state index in [0.29, 0.717) is 6.04 Å². The fourth-order valence-electron chi connectivity index (χ4n) is 2.62. The largest absolute Gasteiger partial charge is 0.310 e. The first kappa shape index (κ1) is 13.6. The zero-order valence-corrected chi connectivity index (χ0v) is 11.8. The van der Waals surface area contributed by atoms with Gasteiger partial charge in [0, 0.05) is 11.1 Å². The van der Waals surface area contributed by atoms with Gasteiger partial charge in [-0.2, -0.15) is 0 Å². The van der Waals surface area contributed by atoms with Crippen LogP contribution in [0.4, 0.5) is 0 Å². The van der Waals surface area contributed by atoms with Crippen LogP contribution < -0.4 is 5.32 Å². The summed E-state index contributed by atoms with van der Waals surface area (Å²) < 4.78 is 0. The van der Waals surface area contributed by atoms with Gasteiger partial charge in [-0.05, 0) is 56.3 Å². The fourth-order valence-corrected chi connectivity index (χ4v) is 2.74. The van der Waals surface area contributed by atoms with E-state index in [9.17, 15) is 0 Å². The standard InChI is InChI=1S/C16H22ClN/c1-2-18-16(14-6-4-3-5-7-14)12-13-8-10-15(17)11-9-13/h6,8-11,16,18H,2-5,7,12H2,1H3. The van der Waals surface area contributed by atoms with Crippen LogP contribution in [0.2, 0.25) is 5.02 Å². The van der Waals surface area contributed by atoms with Crippen LogP contribution in [-0.4, -0.2) is 12.6 Å². The predicted molar refractivity (Wildman–Crippen MR) is 79.2 cm³/mol. The maximum absolute atomic E-state index is 5.93. The SMILES string of the molecule is CCNC(Cc1ccc(Cl)cc1)C1=CCCCC1. The number of rotatable bonds is 5. The minimum atomic E-state index is 0.497. The van der Waals surface area contributed by atoms with Crippen molar-refractivity contribution in [1.29, 1.82) is 0 Å². The minimum Gasteiger partial charge on any atom is -0.310 e. The van der Waals surface area contributed by atoms with Crippen LogP contribution in [0.15, 0.2) is 35.9 Å². The highest BCUT2D eigenvalue weighted by atomic mass is 35.5. The summed E-state index contributed by atoms with van der Waals surface area (Å²) >= 11 is 5.93. The molecule has 0 aromatic heterocycles. The molecule has 0 saturated heterocycles. The number of allylic oxidation sites excluding steroid dienone is 1. The van der Waals surface area contributed by atoms with Crippen LogP contribution in [0.3, 0.4) is 0 Å². The summed E-state index contributed by atoms with van der Waals surface area (Å²) in [5.74, 6) is 0. The number of likely N-dealkylation sites (N-methyl/N-ethyl adjacent to an activating group) is 1. The molecule has 0 amide bonds. The molecule has 1 aromatic carbocycles. The van der Waals surface area contributed by atoms with Crippen LogP contribution in [0.1, 0.15) is 38.2 Å². The zero-order valence-electron chi connectivity index (χ0n) is 11.1. The Morgan fingerprint density at radius 3 is 2.61 bits per heavy atom. The first-order valence-electron chi connectivity index (χ1n) is 6.96. The molecular formula is C16H22ClN. The summed E-state index contributed by atoms with van der Waals surface area (Å²) in [4.78, 5) is 0. The van der Waals surface area contributed by atoms with Gasteiger partial charge in [0.15, 0.2) is 0 Å². The van der Waals surface area contributed by atoms with Gasteiger partial charge < -0.3 is 5.32 Å². The molecule has 2 rings (SSSR count). The second-order valence-electron chi connectivity index (χ2n) is 4.97. The fraction of sp³-hybridized carbons (Fsp3) is 0.500. The molecule has 0 saturated carbocycles. The molecule has 1 aromatic rings. The Kier molecular flexibility index (Phi) is 5.27. The summed E-state index contributed by atoms with van der Waals surface area (Å²) in [5.41, 5.74) is 2.95. The van der Waals surface area contributed by atoms with Crippen molar-refractivity contribution in [2.75, 3.05) is 6.54 Å². The van der Waals surface area contributed by atoms with E-state index < -0.39 is 0 Å². The first-order valence-corrected chi connectivity index (χ1v) is 7.34. The van der Waals surface area contributed by atoms with Gasteiger partial charge in [-0.15, -0.1) is 0 Å². The molecule has 1 nitrogen and oxygen atoms in total. The van der Waals surface area contributed by atoms with Crippen molar-refractivity contribution < 1.29 is 0 Å². The van der Waals surface area contributed by atoms with Gasteiger partial charge in [0.05, 0.1) is 0 Å². The van der Waals surface area contributed by atoms with Gasteiger partial charge in [0.1, 0.15) is 0 Å². The minimum absolute atomic E-state index is 0.497. The third-order valence-electron chi connectivity index (χ3n) is 3.58. The first-order chi connectivity index (χ1) is 8.79. The normalized spacial score (nSPS) is 17.3. The van der Waals surface area contributed by atoms with E-state index in [1.165, 1.54) is 31.2 Å². The summed E-state index contributed by atoms with van der Waals surface area (Å²) in [6.07, 6.45) is 8.70. The average Bonchev–Trinajstić information content (AvgIpc) is 2.42. The van der Waals surface area contributed by atoms with E-state index in [1.54, 1.807) is 5.57 Å². The Balaban J connectivity index is 2.05. The Morgan fingerprint density at radius 2 is 2.00 bits per heavy atom. The van der Waals surface area contributed by atoms with Gasteiger partial charge in [0.25, 0.3) is 0 Å². The maximum atomic E-state index is 5.93. The molecule has 0 spiro atoms. The van der Waals surface area contributed by atoms with Crippen LogP contribution in [0.25, 0.3) is 0 Å². The van der Waals surface area contributed by atoms with E-state index in [-0.39, 0.29) is 0 Å². The number of nitrogens with one attached hydrogen (secondary N) is 1. The van der Waals surface area contributed by atoms with Gasteiger partial charge in [-0.1, -0.05) is 42.3 Å². The van der Waals surface area contributed by atoms with E-state index in [1.807, 2.05) is 12.1 Å². The molecule has 0 fully saturated rings. The van der Waals surface area contributed by atoms with Gasteiger partial charge in [0.2, 0.25) is 0 Å². The van der Waals surface area contributed by atoms with Gasteiger partial charge >= 0.3 is 0 Å². The van der Waals surface area contributed by atoms with Crippen molar-refractivity contribution in [3.8, 4) is 0 Å². The molecule has 1 N–H and O–H groups in total. The van der Waals surface area contributed by atoms with Crippen molar-refractivity contribution in [2.45, 2.75) is 45.1 Å². The van der Waals surface area contributed by atoms with E-state index >= 15 is 0 Å². The lowest BCUT2D eigenvalue weighted by Gasteiger charge is -2.24. The Bertz CT molecular complexity index is 394. The van der Waals surface area contributed by atoms with Gasteiger partial charge in [-0.3, -0.25) is 0 Å². The lowest BCUT2D eigenvalue weighted by molar-refractivity contribution is 0.541. The van der Waals surface area contributed by atoms with E-state index in [0.717, 1.165) is 18.0 Å². The van der Waals surface area contributed by atoms with Crippen LogP contribution >= 0.6 is 11.6 Å². The van der Waals surface area contributed by atoms with Crippen molar-refractivity contribution in [1.82, 2.24) is 5.32 Å².